The van der Waals surface area contributed by atoms with Gasteiger partial charge < -0.3 is 14.4 Å². The van der Waals surface area contributed by atoms with Crippen LogP contribution in [0.3, 0.4) is 0 Å². The highest BCUT2D eigenvalue weighted by molar-refractivity contribution is 5.97. The minimum absolute atomic E-state index is 0.106. The zero-order valence-corrected chi connectivity index (χ0v) is 14.7. The van der Waals surface area contributed by atoms with Gasteiger partial charge in [-0.1, -0.05) is 36.4 Å². The number of carbonyl (C=O) groups excluding carboxylic acids is 1. The molecular formula is C22H21NO3. The summed E-state index contributed by atoms with van der Waals surface area (Å²) in [4.78, 5) is 14.9. The van der Waals surface area contributed by atoms with Crippen molar-refractivity contribution in [3.05, 3.63) is 84.5 Å². The Bertz CT molecular complexity index is 857. The lowest BCUT2D eigenvalue weighted by molar-refractivity contribution is 0.0950. The van der Waals surface area contributed by atoms with E-state index in [1.807, 2.05) is 6.07 Å². The quantitative estimate of drug-likeness (QED) is 0.746. The number of ketones is 1. The van der Waals surface area contributed by atoms with E-state index in [-0.39, 0.29) is 11.8 Å². The van der Waals surface area contributed by atoms with Gasteiger partial charge >= 0.3 is 0 Å². The number of Topliss-reactive ketones (excluding diaryl/α,β-unsaturated/α-hetero) is 1. The number of rotatable bonds is 5. The molecule has 4 rings (SSSR count). The van der Waals surface area contributed by atoms with E-state index < -0.39 is 0 Å². The summed E-state index contributed by atoms with van der Waals surface area (Å²) in [5.41, 5.74) is 1.96. The lowest BCUT2D eigenvalue weighted by Gasteiger charge is -2.25. The third kappa shape index (κ3) is 3.36. The molecule has 0 saturated carbocycles. The molecule has 2 aliphatic heterocycles. The van der Waals surface area contributed by atoms with Crippen molar-refractivity contribution in [3.8, 4) is 11.5 Å². The second-order valence-electron chi connectivity index (χ2n) is 6.70. The first-order valence-corrected chi connectivity index (χ1v) is 8.85. The van der Waals surface area contributed by atoms with E-state index in [0.29, 0.717) is 29.4 Å². The molecule has 2 unspecified atom stereocenters. The second-order valence-corrected chi connectivity index (χ2v) is 6.70. The van der Waals surface area contributed by atoms with Crippen molar-refractivity contribution in [2.24, 2.45) is 0 Å². The molecule has 4 heteroatoms. The van der Waals surface area contributed by atoms with E-state index in [1.54, 1.807) is 18.2 Å². The number of carbonyl (C=O) groups is 1. The summed E-state index contributed by atoms with van der Waals surface area (Å²) in [5.74, 6) is 1.70. The van der Waals surface area contributed by atoms with Gasteiger partial charge in [0.05, 0.1) is 0 Å². The summed E-state index contributed by atoms with van der Waals surface area (Å²) in [6.45, 7) is 3.00. The molecule has 2 atom stereocenters. The van der Waals surface area contributed by atoms with Crippen LogP contribution in [-0.4, -0.2) is 23.3 Å². The van der Waals surface area contributed by atoms with Crippen molar-refractivity contribution in [1.82, 2.24) is 4.90 Å². The SMILES string of the molecule is CC(CC(=O)c1ccc2c(c1)OC=CO2)N1C=CC(c2ccccc2)C1. The fourth-order valence-electron chi connectivity index (χ4n) is 3.38. The topological polar surface area (TPSA) is 38.8 Å². The normalized spacial score (nSPS) is 18.8. The van der Waals surface area contributed by atoms with Crippen LogP contribution in [0.15, 0.2) is 73.3 Å². The van der Waals surface area contributed by atoms with Gasteiger partial charge in [-0.3, -0.25) is 4.79 Å². The van der Waals surface area contributed by atoms with Gasteiger partial charge in [-0.05, 0) is 36.9 Å². The number of benzene rings is 2. The molecule has 0 aromatic heterocycles. The van der Waals surface area contributed by atoms with Gasteiger partial charge in [0.2, 0.25) is 0 Å². The molecule has 0 saturated heterocycles. The highest BCUT2D eigenvalue weighted by Crippen LogP contribution is 2.32. The van der Waals surface area contributed by atoms with E-state index in [1.165, 1.54) is 18.1 Å². The molecule has 4 nitrogen and oxygen atoms in total. The Hall–Kier alpha value is -3.01. The van der Waals surface area contributed by atoms with E-state index >= 15 is 0 Å². The Kier molecular flexibility index (Phi) is 4.48. The maximum Gasteiger partial charge on any atom is 0.169 e. The fourth-order valence-corrected chi connectivity index (χ4v) is 3.38. The van der Waals surface area contributed by atoms with E-state index in [0.717, 1.165) is 6.54 Å². The number of hydrogen-bond donors (Lipinski definition) is 0. The monoisotopic (exact) mass is 347 g/mol. The number of hydrogen-bond acceptors (Lipinski definition) is 4. The van der Waals surface area contributed by atoms with Gasteiger partial charge in [0.15, 0.2) is 17.3 Å². The molecule has 2 aromatic carbocycles. The molecule has 26 heavy (non-hydrogen) atoms. The number of ether oxygens (including phenoxy) is 2. The van der Waals surface area contributed by atoms with Crippen molar-refractivity contribution in [2.75, 3.05) is 6.54 Å². The first-order valence-electron chi connectivity index (χ1n) is 8.85. The van der Waals surface area contributed by atoms with Gasteiger partial charge in [0.1, 0.15) is 12.5 Å². The molecule has 132 valence electrons. The summed E-state index contributed by atoms with van der Waals surface area (Å²) < 4.78 is 10.7. The maximum absolute atomic E-state index is 12.7. The van der Waals surface area contributed by atoms with E-state index in [9.17, 15) is 4.79 Å². The summed E-state index contributed by atoms with van der Waals surface area (Å²) in [7, 11) is 0. The van der Waals surface area contributed by atoms with E-state index in [2.05, 4.69) is 48.4 Å². The van der Waals surface area contributed by atoms with Gasteiger partial charge in [0.25, 0.3) is 0 Å². The third-order valence-electron chi connectivity index (χ3n) is 4.90. The van der Waals surface area contributed by atoms with Crippen molar-refractivity contribution in [1.29, 1.82) is 0 Å². The second kappa shape index (κ2) is 7.08. The van der Waals surface area contributed by atoms with Crippen LogP contribution in [0.1, 0.15) is 35.2 Å². The van der Waals surface area contributed by atoms with E-state index in [4.69, 9.17) is 9.47 Å². The summed E-state index contributed by atoms with van der Waals surface area (Å²) in [6, 6.07) is 15.9. The van der Waals surface area contributed by atoms with Crippen molar-refractivity contribution in [3.63, 3.8) is 0 Å². The van der Waals surface area contributed by atoms with Crippen molar-refractivity contribution < 1.29 is 14.3 Å². The van der Waals surface area contributed by atoms with Crippen LogP contribution in [0.5, 0.6) is 11.5 Å². The summed E-state index contributed by atoms with van der Waals surface area (Å²) >= 11 is 0. The van der Waals surface area contributed by atoms with Crippen LogP contribution in [0, 0.1) is 0 Å². The Labute approximate surface area is 153 Å². The minimum atomic E-state index is 0.106. The zero-order chi connectivity index (χ0) is 17.9. The van der Waals surface area contributed by atoms with Crippen molar-refractivity contribution in [2.45, 2.75) is 25.3 Å². The predicted molar refractivity (Wildman–Crippen MR) is 100 cm³/mol. The fraction of sp³-hybridized carbons (Fsp3) is 0.227. The molecule has 2 aromatic rings. The smallest absolute Gasteiger partial charge is 0.169 e. The first kappa shape index (κ1) is 16.5. The zero-order valence-electron chi connectivity index (χ0n) is 14.7. The minimum Gasteiger partial charge on any atom is -0.458 e. The molecule has 0 aliphatic carbocycles. The Morgan fingerprint density at radius 2 is 1.88 bits per heavy atom. The van der Waals surface area contributed by atoms with Crippen LogP contribution in [-0.2, 0) is 0 Å². The Balaban J connectivity index is 1.39. The third-order valence-corrected chi connectivity index (χ3v) is 4.90. The molecule has 2 aliphatic rings. The maximum atomic E-state index is 12.7. The molecule has 0 fully saturated rings. The van der Waals surface area contributed by atoms with Gasteiger partial charge in [0, 0.05) is 30.5 Å². The lowest BCUT2D eigenvalue weighted by atomic mass is 10.00. The summed E-state index contributed by atoms with van der Waals surface area (Å²) in [5, 5.41) is 0. The molecule has 0 spiro atoms. The average molecular weight is 347 g/mol. The molecule has 0 amide bonds. The summed E-state index contributed by atoms with van der Waals surface area (Å²) in [6.07, 6.45) is 7.74. The van der Waals surface area contributed by atoms with Crippen LogP contribution in [0.4, 0.5) is 0 Å². The molecular weight excluding hydrogens is 326 g/mol. The average Bonchev–Trinajstić information content (AvgIpc) is 3.18. The highest BCUT2D eigenvalue weighted by atomic mass is 16.5. The number of fused-ring (bicyclic) bond motifs is 1. The number of nitrogens with zero attached hydrogens (tertiary/aromatic N) is 1. The van der Waals surface area contributed by atoms with Gasteiger partial charge in [-0.25, -0.2) is 0 Å². The van der Waals surface area contributed by atoms with Gasteiger partial charge in [-0.15, -0.1) is 0 Å². The van der Waals surface area contributed by atoms with Crippen LogP contribution >= 0.6 is 0 Å². The highest BCUT2D eigenvalue weighted by Gasteiger charge is 2.24. The first-order chi connectivity index (χ1) is 12.7. The molecule has 0 N–H and O–H groups in total. The largest absolute Gasteiger partial charge is 0.458 e. The Morgan fingerprint density at radius 3 is 2.69 bits per heavy atom. The molecule has 0 bridgehead atoms. The Morgan fingerprint density at radius 1 is 1.12 bits per heavy atom. The van der Waals surface area contributed by atoms with Crippen molar-refractivity contribution >= 4 is 5.78 Å². The molecule has 2 heterocycles. The van der Waals surface area contributed by atoms with Crippen LogP contribution < -0.4 is 9.47 Å². The van der Waals surface area contributed by atoms with Crippen LogP contribution in [0.25, 0.3) is 0 Å². The lowest BCUT2D eigenvalue weighted by Crippen LogP contribution is -2.30. The van der Waals surface area contributed by atoms with Gasteiger partial charge in [-0.2, -0.15) is 0 Å². The standard InChI is InChI=1S/C22H21NO3/c1-16(23-10-9-19(15-23)17-5-3-2-4-6-17)13-20(24)18-7-8-21-22(14-18)26-12-11-25-21/h2-12,14,16,19H,13,15H2,1H3. The van der Waals surface area contributed by atoms with Crippen LogP contribution in [0.2, 0.25) is 0 Å². The predicted octanol–water partition coefficient (Wildman–Crippen LogP) is 4.50. The molecule has 0 radical (unpaired) electrons.